The maximum absolute atomic E-state index is 13.3. The number of carbonyl (C=O) groups is 1. The first-order chi connectivity index (χ1) is 15.4. The number of aryl methyl sites for hydroxylation is 1. The number of nitrogens with one attached hydrogen (secondary N) is 2. The molecule has 170 valence electrons. The van der Waals surface area contributed by atoms with Crippen molar-refractivity contribution in [2.75, 3.05) is 26.0 Å². The quantitative estimate of drug-likeness (QED) is 0.323. The number of rotatable bonds is 11. The van der Waals surface area contributed by atoms with Gasteiger partial charge in [0.1, 0.15) is 11.6 Å². The average molecular weight is 476 g/mol. The predicted octanol–water partition coefficient (Wildman–Crippen LogP) is 2.22. The Kier molecular flexibility index (Phi) is 8.26. The van der Waals surface area contributed by atoms with E-state index in [1.165, 1.54) is 35.3 Å². The van der Waals surface area contributed by atoms with Crippen molar-refractivity contribution in [1.82, 2.24) is 24.8 Å². The van der Waals surface area contributed by atoms with Gasteiger partial charge in [0.15, 0.2) is 0 Å². The lowest BCUT2D eigenvalue weighted by atomic mass is 10.2. The molecule has 1 heterocycles. The van der Waals surface area contributed by atoms with Gasteiger partial charge in [0.2, 0.25) is 21.1 Å². The first-order valence-corrected chi connectivity index (χ1v) is 12.3. The summed E-state index contributed by atoms with van der Waals surface area (Å²) < 4.78 is 32.8. The van der Waals surface area contributed by atoms with Gasteiger partial charge >= 0.3 is 0 Å². The Hall–Kier alpha value is -2.89. The Morgan fingerprint density at radius 2 is 1.88 bits per heavy atom. The minimum absolute atomic E-state index is 0.0772. The van der Waals surface area contributed by atoms with Gasteiger partial charge in [-0.3, -0.25) is 9.89 Å². The Labute approximate surface area is 191 Å². The minimum Gasteiger partial charge on any atom is -0.497 e. The molecule has 0 saturated carbocycles. The van der Waals surface area contributed by atoms with Crippen molar-refractivity contribution < 1.29 is 17.9 Å². The number of amides is 1. The van der Waals surface area contributed by atoms with Gasteiger partial charge in [0.05, 0.1) is 18.6 Å². The molecule has 0 aliphatic carbocycles. The number of methoxy groups -OCH3 is 1. The van der Waals surface area contributed by atoms with E-state index in [2.05, 4.69) is 20.5 Å². The van der Waals surface area contributed by atoms with E-state index in [1.54, 1.807) is 12.1 Å². The highest BCUT2D eigenvalue weighted by molar-refractivity contribution is 7.99. The maximum Gasteiger partial charge on any atom is 0.243 e. The van der Waals surface area contributed by atoms with Crippen LogP contribution in [0.2, 0.25) is 0 Å². The van der Waals surface area contributed by atoms with Crippen molar-refractivity contribution in [2.24, 2.45) is 0 Å². The third kappa shape index (κ3) is 6.55. The fraction of sp³-hybridized carbons (Fsp3) is 0.286. The zero-order valence-electron chi connectivity index (χ0n) is 17.8. The van der Waals surface area contributed by atoms with E-state index < -0.39 is 10.0 Å². The van der Waals surface area contributed by atoms with Crippen LogP contribution in [0.4, 0.5) is 0 Å². The van der Waals surface area contributed by atoms with Crippen molar-refractivity contribution >= 4 is 27.7 Å². The summed E-state index contributed by atoms with van der Waals surface area (Å²) in [4.78, 5) is 16.8. The molecule has 3 aromatic rings. The van der Waals surface area contributed by atoms with Gasteiger partial charge in [-0.05, 0) is 36.8 Å². The summed E-state index contributed by atoms with van der Waals surface area (Å²) in [6, 6.07) is 15.3. The molecular weight excluding hydrogens is 450 g/mol. The molecule has 32 heavy (non-hydrogen) atoms. The Morgan fingerprint density at radius 3 is 2.50 bits per heavy atom. The molecule has 0 saturated heterocycles. The molecule has 0 radical (unpaired) electrons. The summed E-state index contributed by atoms with van der Waals surface area (Å²) in [5.41, 5.74) is 0.785. The number of carbonyl (C=O) groups excluding carboxylic acids is 1. The van der Waals surface area contributed by atoms with E-state index in [4.69, 9.17) is 4.74 Å². The van der Waals surface area contributed by atoms with E-state index in [9.17, 15) is 13.2 Å². The first kappa shape index (κ1) is 23.8. The molecule has 11 heteroatoms. The predicted molar refractivity (Wildman–Crippen MR) is 122 cm³/mol. The van der Waals surface area contributed by atoms with Crippen LogP contribution < -0.4 is 10.1 Å². The molecule has 0 aliphatic rings. The van der Waals surface area contributed by atoms with Gasteiger partial charge in [-0.25, -0.2) is 13.4 Å². The number of hydrogen-bond donors (Lipinski definition) is 2. The van der Waals surface area contributed by atoms with Crippen LogP contribution in [-0.4, -0.2) is 59.8 Å². The molecule has 0 unspecified atom stereocenters. The summed E-state index contributed by atoms with van der Waals surface area (Å²) >= 11 is 1.40. The number of aromatic nitrogens is 3. The number of nitrogens with zero attached hydrogens (tertiary/aromatic N) is 3. The smallest absolute Gasteiger partial charge is 0.243 e. The number of sulfonamides is 1. The second-order valence-electron chi connectivity index (χ2n) is 6.84. The average Bonchev–Trinajstić information content (AvgIpc) is 3.22. The van der Waals surface area contributed by atoms with Crippen molar-refractivity contribution in [3.8, 4) is 5.75 Å². The lowest BCUT2D eigenvalue weighted by Crippen LogP contribution is -2.40. The lowest BCUT2D eigenvalue weighted by Gasteiger charge is -2.22. The van der Waals surface area contributed by atoms with Crippen LogP contribution in [0, 0.1) is 6.92 Å². The first-order valence-electron chi connectivity index (χ1n) is 9.85. The standard InChI is InChI=1S/C21H25N5O4S2/c1-16-23-21(25-24-16)31-13-12-22-20(27)15-26(14-17-6-4-3-5-7-17)32(28,29)19-10-8-18(30-2)9-11-19/h3-11H,12-15H2,1-2H3,(H,22,27)(H,23,24,25). The molecule has 0 spiro atoms. The molecule has 1 amide bonds. The Morgan fingerprint density at radius 1 is 1.16 bits per heavy atom. The molecule has 2 N–H and O–H groups in total. The molecule has 0 aliphatic heterocycles. The van der Waals surface area contributed by atoms with E-state index in [1.807, 2.05) is 37.3 Å². The van der Waals surface area contributed by atoms with Crippen LogP contribution in [0.5, 0.6) is 5.75 Å². The van der Waals surface area contributed by atoms with Gasteiger partial charge in [-0.1, -0.05) is 42.1 Å². The van der Waals surface area contributed by atoms with Crippen LogP contribution >= 0.6 is 11.8 Å². The number of hydrogen-bond acceptors (Lipinski definition) is 7. The Bertz CT molecular complexity index is 1120. The number of thioether (sulfide) groups is 1. The highest BCUT2D eigenvalue weighted by atomic mass is 32.2. The van der Waals surface area contributed by atoms with E-state index in [0.29, 0.717) is 23.2 Å². The summed E-state index contributed by atoms with van der Waals surface area (Å²) in [5, 5.41) is 10.1. The fourth-order valence-electron chi connectivity index (χ4n) is 2.85. The summed E-state index contributed by atoms with van der Waals surface area (Å²) in [6.07, 6.45) is 0. The van der Waals surface area contributed by atoms with E-state index in [0.717, 1.165) is 11.4 Å². The maximum atomic E-state index is 13.3. The summed E-state index contributed by atoms with van der Waals surface area (Å²) in [5.74, 6) is 1.45. The Balaban J connectivity index is 1.66. The van der Waals surface area contributed by atoms with Crippen molar-refractivity contribution in [3.05, 3.63) is 66.0 Å². The van der Waals surface area contributed by atoms with E-state index >= 15 is 0 Å². The monoisotopic (exact) mass is 475 g/mol. The van der Waals surface area contributed by atoms with Gasteiger partial charge in [0.25, 0.3) is 0 Å². The SMILES string of the molecule is COc1ccc(S(=O)(=O)N(CC(=O)NCCSc2n[nH]c(C)n2)Cc2ccccc2)cc1. The van der Waals surface area contributed by atoms with Crippen LogP contribution in [0.25, 0.3) is 0 Å². The normalized spacial score (nSPS) is 11.5. The topological polar surface area (TPSA) is 117 Å². The summed E-state index contributed by atoms with van der Waals surface area (Å²) in [6.45, 7) is 1.95. The largest absolute Gasteiger partial charge is 0.497 e. The van der Waals surface area contributed by atoms with Gasteiger partial charge < -0.3 is 10.1 Å². The van der Waals surface area contributed by atoms with Crippen molar-refractivity contribution in [2.45, 2.75) is 23.5 Å². The zero-order valence-corrected chi connectivity index (χ0v) is 19.4. The molecule has 1 aromatic heterocycles. The molecule has 2 aromatic carbocycles. The molecule has 0 bridgehead atoms. The van der Waals surface area contributed by atoms with Gasteiger partial charge in [-0.2, -0.15) is 4.31 Å². The second-order valence-corrected chi connectivity index (χ2v) is 9.84. The lowest BCUT2D eigenvalue weighted by molar-refractivity contribution is -0.121. The number of ether oxygens (including phenoxy) is 1. The highest BCUT2D eigenvalue weighted by Gasteiger charge is 2.27. The molecule has 0 fully saturated rings. The minimum atomic E-state index is -3.90. The number of benzene rings is 2. The second kappa shape index (κ2) is 11.1. The summed E-state index contributed by atoms with van der Waals surface area (Å²) in [7, 11) is -2.39. The van der Waals surface area contributed by atoms with Crippen LogP contribution in [0.3, 0.4) is 0 Å². The number of H-pyrrole nitrogens is 1. The van der Waals surface area contributed by atoms with Crippen LogP contribution in [0.1, 0.15) is 11.4 Å². The van der Waals surface area contributed by atoms with Gasteiger partial charge in [0, 0.05) is 18.8 Å². The number of aromatic amines is 1. The third-order valence-corrected chi connectivity index (χ3v) is 7.11. The molecule has 0 atom stereocenters. The van der Waals surface area contributed by atoms with E-state index in [-0.39, 0.29) is 23.9 Å². The molecular formula is C21H25N5O4S2. The molecule has 9 nitrogen and oxygen atoms in total. The highest BCUT2D eigenvalue weighted by Crippen LogP contribution is 2.21. The van der Waals surface area contributed by atoms with Crippen LogP contribution in [0.15, 0.2) is 64.6 Å². The van der Waals surface area contributed by atoms with Crippen molar-refractivity contribution in [3.63, 3.8) is 0 Å². The zero-order chi connectivity index (χ0) is 23.0. The fourth-order valence-corrected chi connectivity index (χ4v) is 4.93. The van der Waals surface area contributed by atoms with Crippen LogP contribution in [-0.2, 0) is 21.4 Å². The van der Waals surface area contributed by atoms with Gasteiger partial charge in [-0.15, -0.1) is 5.10 Å². The molecule has 3 rings (SSSR count). The third-order valence-electron chi connectivity index (χ3n) is 4.45. The van der Waals surface area contributed by atoms with Crippen molar-refractivity contribution in [1.29, 1.82) is 0 Å².